The van der Waals surface area contributed by atoms with Crippen molar-refractivity contribution in [1.82, 2.24) is 15.5 Å². The van der Waals surface area contributed by atoms with Gasteiger partial charge in [0.25, 0.3) is 0 Å². The zero-order chi connectivity index (χ0) is 19.2. The van der Waals surface area contributed by atoms with Crippen LogP contribution in [0.15, 0.2) is 4.99 Å². The topological polar surface area (TPSA) is 58.1 Å². The Balaban J connectivity index is 0.00000392. The third kappa shape index (κ3) is 11.2. The first kappa shape index (κ1) is 25.9. The maximum Gasteiger partial charge on any atom is 0.191 e. The van der Waals surface area contributed by atoms with Gasteiger partial charge in [0, 0.05) is 46.1 Å². The smallest absolute Gasteiger partial charge is 0.191 e. The van der Waals surface area contributed by atoms with E-state index < -0.39 is 0 Å². The molecule has 2 aliphatic heterocycles. The number of hydrogen-bond acceptors (Lipinski definition) is 4. The molecule has 0 amide bonds. The SMILES string of the molecule is CCCN1CCC(CN=C(NCC)NCCCOCC2CCOCC2)CC1.I. The second-order valence-electron chi connectivity index (χ2n) is 7.92. The van der Waals surface area contributed by atoms with Crippen molar-refractivity contribution in [3.05, 3.63) is 0 Å². The molecular formula is C21H43IN4O2. The summed E-state index contributed by atoms with van der Waals surface area (Å²) in [5.41, 5.74) is 0. The highest BCUT2D eigenvalue weighted by Gasteiger charge is 2.18. The monoisotopic (exact) mass is 510 g/mol. The van der Waals surface area contributed by atoms with E-state index in [4.69, 9.17) is 14.5 Å². The Labute approximate surface area is 189 Å². The fourth-order valence-corrected chi connectivity index (χ4v) is 3.82. The van der Waals surface area contributed by atoms with Gasteiger partial charge in [-0.2, -0.15) is 0 Å². The summed E-state index contributed by atoms with van der Waals surface area (Å²) in [6.45, 7) is 14.4. The number of nitrogens with one attached hydrogen (secondary N) is 2. The largest absolute Gasteiger partial charge is 0.381 e. The van der Waals surface area contributed by atoms with Crippen molar-refractivity contribution in [2.45, 2.75) is 52.4 Å². The van der Waals surface area contributed by atoms with Crippen LogP contribution in [-0.2, 0) is 9.47 Å². The minimum absolute atomic E-state index is 0. The van der Waals surface area contributed by atoms with Crippen LogP contribution in [0.3, 0.4) is 0 Å². The van der Waals surface area contributed by atoms with E-state index in [9.17, 15) is 0 Å². The lowest BCUT2D eigenvalue weighted by Gasteiger charge is -2.31. The highest BCUT2D eigenvalue weighted by Crippen LogP contribution is 2.17. The van der Waals surface area contributed by atoms with Crippen LogP contribution in [0.1, 0.15) is 52.4 Å². The van der Waals surface area contributed by atoms with Crippen molar-refractivity contribution in [3.63, 3.8) is 0 Å². The van der Waals surface area contributed by atoms with Gasteiger partial charge in [0.15, 0.2) is 5.96 Å². The van der Waals surface area contributed by atoms with Gasteiger partial charge in [-0.3, -0.25) is 4.99 Å². The minimum atomic E-state index is 0. The molecule has 0 aromatic carbocycles. The van der Waals surface area contributed by atoms with Crippen molar-refractivity contribution in [2.24, 2.45) is 16.8 Å². The third-order valence-corrected chi connectivity index (χ3v) is 5.55. The van der Waals surface area contributed by atoms with Gasteiger partial charge >= 0.3 is 0 Å². The molecule has 0 aromatic rings. The van der Waals surface area contributed by atoms with Crippen LogP contribution in [0.25, 0.3) is 0 Å². The molecular weight excluding hydrogens is 467 g/mol. The van der Waals surface area contributed by atoms with Crippen LogP contribution in [0.2, 0.25) is 0 Å². The maximum absolute atomic E-state index is 5.84. The van der Waals surface area contributed by atoms with Crippen LogP contribution >= 0.6 is 24.0 Å². The molecule has 0 saturated carbocycles. The normalized spacial score (nSPS) is 20.0. The number of piperidine rings is 1. The molecule has 2 heterocycles. The van der Waals surface area contributed by atoms with Gasteiger partial charge in [0.2, 0.25) is 0 Å². The fourth-order valence-electron chi connectivity index (χ4n) is 3.82. The number of nitrogens with zero attached hydrogens (tertiary/aromatic N) is 2. The number of aliphatic imine (C=N–C) groups is 1. The molecule has 0 spiro atoms. The van der Waals surface area contributed by atoms with Crippen LogP contribution in [0.4, 0.5) is 0 Å². The van der Waals surface area contributed by atoms with Gasteiger partial charge in [0.1, 0.15) is 0 Å². The number of halogens is 1. The maximum atomic E-state index is 5.84. The zero-order valence-corrected chi connectivity index (χ0v) is 20.4. The Hall–Kier alpha value is -0.120. The molecule has 7 heteroatoms. The number of likely N-dealkylation sites (tertiary alicyclic amines) is 1. The van der Waals surface area contributed by atoms with Crippen molar-refractivity contribution >= 4 is 29.9 Å². The second kappa shape index (κ2) is 16.7. The zero-order valence-electron chi connectivity index (χ0n) is 18.1. The Morgan fingerprint density at radius 3 is 2.50 bits per heavy atom. The van der Waals surface area contributed by atoms with Crippen molar-refractivity contribution in [1.29, 1.82) is 0 Å². The van der Waals surface area contributed by atoms with Crippen LogP contribution in [0, 0.1) is 11.8 Å². The number of ether oxygens (including phenoxy) is 2. The summed E-state index contributed by atoms with van der Waals surface area (Å²) in [6.07, 6.45) is 7.13. The van der Waals surface area contributed by atoms with E-state index >= 15 is 0 Å². The summed E-state index contributed by atoms with van der Waals surface area (Å²) in [5, 5.41) is 6.82. The molecule has 0 radical (unpaired) electrons. The Kier molecular flexibility index (Phi) is 15.4. The lowest BCUT2D eigenvalue weighted by atomic mass is 9.97. The van der Waals surface area contributed by atoms with Gasteiger partial charge < -0.3 is 25.0 Å². The molecule has 2 N–H and O–H groups in total. The average molecular weight is 511 g/mol. The predicted octanol–water partition coefficient (Wildman–Crippen LogP) is 3.11. The van der Waals surface area contributed by atoms with E-state index in [1.807, 2.05) is 0 Å². The van der Waals surface area contributed by atoms with E-state index in [1.165, 1.54) is 38.9 Å². The first-order valence-electron chi connectivity index (χ1n) is 11.2. The predicted molar refractivity (Wildman–Crippen MR) is 128 cm³/mol. The minimum Gasteiger partial charge on any atom is -0.381 e. The molecule has 0 unspecified atom stereocenters. The van der Waals surface area contributed by atoms with Gasteiger partial charge in [-0.05, 0) is 76.9 Å². The summed E-state index contributed by atoms with van der Waals surface area (Å²) in [4.78, 5) is 7.41. The summed E-state index contributed by atoms with van der Waals surface area (Å²) >= 11 is 0. The van der Waals surface area contributed by atoms with Crippen LogP contribution < -0.4 is 10.6 Å². The lowest BCUT2D eigenvalue weighted by molar-refractivity contribution is 0.0203. The molecule has 0 aliphatic carbocycles. The number of rotatable bonds is 11. The second-order valence-corrected chi connectivity index (χ2v) is 7.92. The van der Waals surface area contributed by atoms with Gasteiger partial charge in [-0.15, -0.1) is 24.0 Å². The van der Waals surface area contributed by atoms with E-state index in [0.29, 0.717) is 5.92 Å². The molecule has 2 saturated heterocycles. The van der Waals surface area contributed by atoms with E-state index in [1.54, 1.807) is 0 Å². The van der Waals surface area contributed by atoms with E-state index in [2.05, 4.69) is 29.4 Å². The number of hydrogen-bond donors (Lipinski definition) is 2. The molecule has 2 aliphatic rings. The summed E-state index contributed by atoms with van der Waals surface area (Å²) in [7, 11) is 0. The van der Waals surface area contributed by atoms with Crippen molar-refractivity contribution < 1.29 is 9.47 Å². The van der Waals surface area contributed by atoms with Crippen LogP contribution in [-0.4, -0.2) is 76.6 Å². The summed E-state index contributed by atoms with van der Waals surface area (Å²) in [5.74, 6) is 2.38. The van der Waals surface area contributed by atoms with Gasteiger partial charge in [0.05, 0.1) is 0 Å². The summed E-state index contributed by atoms with van der Waals surface area (Å²) in [6, 6.07) is 0. The lowest BCUT2D eigenvalue weighted by Crippen LogP contribution is -2.39. The molecule has 28 heavy (non-hydrogen) atoms. The molecule has 166 valence electrons. The molecule has 0 atom stereocenters. The van der Waals surface area contributed by atoms with Crippen molar-refractivity contribution in [3.8, 4) is 0 Å². The standard InChI is InChI=1S/C21H42N4O2.HI/c1-3-11-25-12-6-19(7-13-25)17-24-21(22-4-2)23-10-5-14-27-18-20-8-15-26-16-9-20;/h19-20H,3-18H2,1-2H3,(H2,22,23,24);1H. The summed E-state index contributed by atoms with van der Waals surface area (Å²) < 4.78 is 11.2. The van der Waals surface area contributed by atoms with Gasteiger partial charge in [-0.1, -0.05) is 6.92 Å². The highest BCUT2D eigenvalue weighted by atomic mass is 127. The molecule has 6 nitrogen and oxygen atoms in total. The quantitative estimate of drug-likeness (QED) is 0.194. The van der Waals surface area contributed by atoms with E-state index in [-0.39, 0.29) is 24.0 Å². The van der Waals surface area contributed by atoms with Gasteiger partial charge in [-0.25, -0.2) is 0 Å². The molecule has 2 fully saturated rings. The van der Waals surface area contributed by atoms with Crippen LogP contribution in [0.5, 0.6) is 0 Å². The Morgan fingerprint density at radius 1 is 1.07 bits per heavy atom. The number of guanidine groups is 1. The van der Waals surface area contributed by atoms with E-state index in [0.717, 1.165) is 77.2 Å². The Bertz CT molecular complexity index is 398. The Morgan fingerprint density at radius 2 is 1.82 bits per heavy atom. The third-order valence-electron chi connectivity index (χ3n) is 5.55. The fraction of sp³-hybridized carbons (Fsp3) is 0.952. The average Bonchev–Trinajstić information content (AvgIpc) is 2.70. The van der Waals surface area contributed by atoms with Crippen molar-refractivity contribution in [2.75, 3.05) is 65.7 Å². The first-order chi connectivity index (χ1) is 13.3. The molecule has 2 rings (SSSR count). The molecule has 0 bridgehead atoms. The first-order valence-corrected chi connectivity index (χ1v) is 11.2. The highest BCUT2D eigenvalue weighted by molar-refractivity contribution is 14.0. The molecule has 0 aromatic heterocycles.